The van der Waals surface area contributed by atoms with E-state index >= 15 is 0 Å². The normalized spacial score (nSPS) is 18.7. The number of hydrogen-bond donors (Lipinski definition) is 2. The van der Waals surface area contributed by atoms with Crippen molar-refractivity contribution in [1.29, 1.82) is 0 Å². The van der Waals surface area contributed by atoms with Gasteiger partial charge < -0.3 is 34.8 Å². The fraction of sp³-hybridized carbons (Fsp3) is 0.457. The Kier molecular flexibility index (Phi) is 8.92. The van der Waals surface area contributed by atoms with Gasteiger partial charge in [0.2, 0.25) is 11.9 Å². The summed E-state index contributed by atoms with van der Waals surface area (Å²) in [5.41, 5.74) is 2.39. The number of fused-ring (bicyclic) bond motifs is 1. The van der Waals surface area contributed by atoms with Gasteiger partial charge in [0.25, 0.3) is 0 Å². The number of amides is 1. The predicted octanol–water partition coefficient (Wildman–Crippen LogP) is 5.58. The van der Waals surface area contributed by atoms with Crippen LogP contribution in [0, 0.1) is 6.92 Å². The van der Waals surface area contributed by atoms with Gasteiger partial charge in [-0.1, -0.05) is 20.4 Å². The number of likely N-dealkylation sites (tertiary alicyclic amines) is 1. The summed E-state index contributed by atoms with van der Waals surface area (Å²) in [5, 5.41) is 6.10. The van der Waals surface area contributed by atoms with Crippen LogP contribution in [0.25, 0.3) is 0 Å². The van der Waals surface area contributed by atoms with Gasteiger partial charge in [-0.2, -0.15) is 4.98 Å². The number of aryl methyl sites for hydroxylation is 1. The van der Waals surface area contributed by atoms with Crippen molar-refractivity contribution < 1.29 is 21.8 Å². The average molecular weight is 645 g/mol. The second-order valence-electron chi connectivity index (χ2n) is 12.8. The van der Waals surface area contributed by atoms with Crippen molar-refractivity contribution in [2.24, 2.45) is 0 Å². The number of nitrogens with one attached hydrogen (secondary N) is 2. The third-order valence-electron chi connectivity index (χ3n) is 8.36. The second-order valence-corrected chi connectivity index (χ2v) is 12.8. The molecule has 1 amide bonds. The average Bonchev–Trinajstić information content (AvgIpc) is 3.50. The molecule has 0 spiro atoms. The van der Waals surface area contributed by atoms with Crippen LogP contribution in [0.3, 0.4) is 0 Å². The van der Waals surface area contributed by atoms with Crippen LogP contribution in [0.15, 0.2) is 43.1 Å². The zero-order valence-corrected chi connectivity index (χ0v) is 28.5. The number of benzene rings is 1. The molecule has 0 aliphatic carbocycles. The Morgan fingerprint density at radius 1 is 1.26 bits per heavy atom. The fourth-order valence-corrected chi connectivity index (χ4v) is 5.95. The third kappa shape index (κ3) is 7.17. The number of hydrogen-bond acceptors (Lipinski definition) is 11. The maximum Gasteiger partial charge on any atom is 0.343 e. The van der Waals surface area contributed by atoms with Gasteiger partial charge in [0, 0.05) is 49.5 Å². The van der Waals surface area contributed by atoms with Crippen molar-refractivity contribution in [2.75, 3.05) is 61.2 Å². The molecule has 12 nitrogen and oxygen atoms in total. The van der Waals surface area contributed by atoms with Crippen molar-refractivity contribution in [3.8, 4) is 5.75 Å². The van der Waals surface area contributed by atoms with Gasteiger partial charge >= 0.3 is 5.97 Å². The number of nitrogens with zero attached hydrogens (tertiary/aromatic N) is 6. The molecule has 2 aliphatic heterocycles. The molecule has 0 saturated carbocycles. The lowest BCUT2D eigenvalue weighted by atomic mass is 9.91. The molecule has 47 heavy (non-hydrogen) atoms. The van der Waals surface area contributed by atoms with Gasteiger partial charge in [0.15, 0.2) is 5.82 Å². The molecular formula is C35H46N8O4. The minimum atomic E-state index is -2.05. The Morgan fingerprint density at radius 3 is 2.68 bits per heavy atom. The Bertz CT molecular complexity index is 1770. The van der Waals surface area contributed by atoms with Crippen LogP contribution in [0.5, 0.6) is 5.75 Å². The summed E-state index contributed by atoms with van der Waals surface area (Å²) in [6.45, 7) is 12.2. The molecule has 2 aliphatic rings. The number of carbonyl (C=O) groups is 2. The van der Waals surface area contributed by atoms with Crippen LogP contribution in [0.4, 0.5) is 34.5 Å². The predicted molar refractivity (Wildman–Crippen MR) is 186 cm³/mol. The number of anilines is 6. The van der Waals surface area contributed by atoms with Crippen molar-refractivity contribution in [2.45, 2.75) is 65.0 Å². The molecule has 5 rings (SSSR count). The molecule has 250 valence electrons. The fourth-order valence-electron chi connectivity index (χ4n) is 5.95. The van der Waals surface area contributed by atoms with Crippen molar-refractivity contribution >= 4 is 46.4 Å². The standard InChI is InChI=1S/C35H46N8O4/c1-10-30(44)38-25-16-26(29(46-9)17-28(25)42(8)19-23-12-11-15-41(23)7)39-34-36-18-24(33(45)47-21(2)3)32(40-34)43-20-35(5,6)31-27(43)14-13-22(4)37-31/h10,13-14,16-18,21,23H,1,11-12,15,19-20H2,2-9H3,(H,38,44)(H,36,39,40)/t23-/m0/s1/i20D2. The van der Waals surface area contributed by atoms with Gasteiger partial charge in [0.1, 0.15) is 11.3 Å². The minimum absolute atomic E-state index is 0.00731. The SMILES string of the molecule is [2H]C1([2H])N(c2nc(Nc3cc(NC(=O)C=C)c(N(C)C[C@@H]4CCCN4C)cc3OC)ncc2C(=O)OC(C)C)c2ccc(C)nc2C1(C)C. The highest BCUT2D eigenvalue weighted by Crippen LogP contribution is 2.44. The largest absolute Gasteiger partial charge is 0.494 e. The van der Waals surface area contributed by atoms with E-state index in [1.54, 1.807) is 53.0 Å². The Hall–Kier alpha value is -4.71. The summed E-state index contributed by atoms with van der Waals surface area (Å²) in [6, 6.07) is 7.51. The van der Waals surface area contributed by atoms with Crippen LogP contribution in [0.2, 0.25) is 0 Å². The number of pyridine rings is 1. The molecule has 1 aromatic carbocycles. The molecule has 2 N–H and O–H groups in total. The summed E-state index contributed by atoms with van der Waals surface area (Å²) >= 11 is 0. The molecule has 0 radical (unpaired) electrons. The molecular weight excluding hydrogens is 596 g/mol. The van der Waals surface area contributed by atoms with E-state index in [4.69, 9.17) is 19.4 Å². The first kappa shape index (κ1) is 30.9. The summed E-state index contributed by atoms with van der Waals surface area (Å²) in [4.78, 5) is 45.6. The smallest absolute Gasteiger partial charge is 0.343 e. The van der Waals surface area contributed by atoms with Crippen LogP contribution >= 0.6 is 0 Å². The first-order valence-electron chi connectivity index (χ1n) is 16.8. The van der Waals surface area contributed by atoms with E-state index in [9.17, 15) is 12.3 Å². The van der Waals surface area contributed by atoms with Crippen LogP contribution in [-0.2, 0) is 14.9 Å². The lowest BCUT2D eigenvalue weighted by molar-refractivity contribution is -0.111. The molecule has 0 unspecified atom stereocenters. The molecule has 1 fully saturated rings. The number of likely N-dealkylation sites (N-methyl/N-ethyl adjacent to an activating group) is 2. The summed E-state index contributed by atoms with van der Waals surface area (Å²) in [6.07, 6.45) is 4.32. The Balaban J connectivity index is 1.61. The molecule has 3 aromatic rings. The van der Waals surface area contributed by atoms with Gasteiger partial charge in [-0.25, -0.2) is 9.78 Å². The highest BCUT2D eigenvalue weighted by atomic mass is 16.5. The topological polar surface area (TPSA) is 125 Å². The van der Waals surface area contributed by atoms with E-state index in [0.29, 0.717) is 34.5 Å². The Morgan fingerprint density at radius 2 is 2.02 bits per heavy atom. The molecule has 1 atom stereocenters. The molecule has 0 bridgehead atoms. The number of rotatable bonds is 11. The Labute approximate surface area is 280 Å². The first-order valence-corrected chi connectivity index (χ1v) is 15.8. The lowest BCUT2D eigenvalue weighted by Gasteiger charge is -2.29. The maximum absolute atomic E-state index is 13.4. The van der Waals surface area contributed by atoms with Gasteiger partial charge in [-0.3, -0.25) is 9.78 Å². The quantitative estimate of drug-likeness (QED) is 0.201. The molecule has 2 aromatic heterocycles. The van der Waals surface area contributed by atoms with E-state index in [-0.39, 0.29) is 23.2 Å². The van der Waals surface area contributed by atoms with Crippen molar-refractivity contribution in [3.05, 3.63) is 60.1 Å². The van der Waals surface area contributed by atoms with Gasteiger partial charge in [-0.05, 0) is 71.5 Å². The van der Waals surface area contributed by atoms with Crippen molar-refractivity contribution in [3.63, 3.8) is 0 Å². The number of aromatic nitrogens is 3. The van der Waals surface area contributed by atoms with E-state index < -0.39 is 24.0 Å². The zero-order chi connectivity index (χ0) is 35.8. The third-order valence-corrected chi connectivity index (χ3v) is 8.36. The number of ether oxygens (including phenoxy) is 2. The van der Waals surface area contributed by atoms with Crippen LogP contribution < -0.4 is 25.2 Å². The summed E-state index contributed by atoms with van der Waals surface area (Å²) in [5.74, 6) is -0.537. The minimum Gasteiger partial charge on any atom is -0.494 e. The number of methoxy groups -OCH3 is 1. The van der Waals surface area contributed by atoms with E-state index in [2.05, 4.69) is 39.0 Å². The second kappa shape index (κ2) is 13.6. The monoisotopic (exact) mass is 644 g/mol. The van der Waals surface area contributed by atoms with E-state index in [0.717, 1.165) is 37.3 Å². The first-order chi connectivity index (χ1) is 23.1. The number of esters is 1. The summed E-state index contributed by atoms with van der Waals surface area (Å²) in [7, 11) is 5.63. The number of carbonyl (C=O) groups excluding carboxylic acids is 2. The van der Waals surface area contributed by atoms with Gasteiger partial charge in [0.05, 0.1) is 44.4 Å². The van der Waals surface area contributed by atoms with Crippen molar-refractivity contribution in [1.82, 2.24) is 19.9 Å². The van der Waals surface area contributed by atoms with Crippen LogP contribution in [-0.4, -0.2) is 84.7 Å². The van der Waals surface area contributed by atoms with E-state index in [1.165, 1.54) is 17.2 Å². The molecule has 1 saturated heterocycles. The molecule has 4 heterocycles. The van der Waals surface area contributed by atoms with Crippen LogP contribution in [0.1, 0.15) is 65.0 Å². The summed E-state index contributed by atoms with van der Waals surface area (Å²) < 4.78 is 29.9. The van der Waals surface area contributed by atoms with E-state index in [1.807, 2.05) is 20.0 Å². The lowest BCUT2D eigenvalue weighted by Crippen LogP contribution is -2.37. The highest BCUT2D eigenvalue weighted by molar-refractivity contribution is 6.02. The zero-order valence-electron chi connectivity index (χ0n) is 30.5. The molecule has 12 heteroatoms. The maximum atomic E-state index is 13.4. The highest BCUT2D eigenvalue weighted by Gasteiger charge is 2.40. The van der Waals surface area contributed by atoms with Gasteiger partial charge in [-0.15, -0.1) is 0 Å².